The Labute approximate surface area is 137 Å². The highest BCUT2D eigenvalue weighted by Gasteiger charge is 2.16. The largest absolute Gasteiger partial charge is 0.276 e. The van der Waals surface area contributed by atoms with E-state index in [1.54, 1.807) is 35.7 Å². The molecule has 5 heteroatoms. The molecule has 0 saturated heterocycles. The van der Waals surface area contributed by atoms with Crippen molar-refractivity contribution >= 4 is 23.5 Å². The number of rotatable bonds is 4. The van der Waals surface area contributed by atoms with Crippen molar-refractivity contribution in [1.82, 2.24) is 10.2 Å². The van der Waals surface area contributed by atoms with Crippen LogP contribution in [0.1, 0.15) is 0 Å². The van der Waals surface area contributed by atoms with Gasteiger partial charge in [-0.1, -0.05) is 24.3 Å². The number of hydrogen-bond acceptors (Lipinski definition) is 3. The summed E-state index contributed by atoms with van der Waals surface area (Å²) in [7, 11) is 0. The second-order valence-corrected chi connectivity index (χ2v) is 6.39. The molecular formula is C17H15FN2S2. The van der Waals surface area contributed by atoms with E-state index in [-0.39, 0.29) is 5.82 Å². The maximum atomic E-state index is 13.2. The second kappa shape index (κ2) is 6.58. The molecule has 0 spiro atoms. The third-order valence-corrected chi connectivity index (χ3v) is 4.86. The van der Waals surface area contributed by atoms with Crippen molar-refractivity contribution in [3.8, 4) is 22.4 Å². The van der Waals surface area contributed by atoms with E-state index in [9.17, 15) is 4.39 Å². The highest BCUT2D eigenvalue weighted by Crippen LogP contribution is 2.37. The van der Waals surface area contributed by atoms with Crippen LogP contribution in [-0.2, 0) is 0 Å². The summed E-state index contributed by atoms with van der Waals surface area (Å²) in [6.45, 7) is 0. The first-order valence-corrected chi connectivity index (χ1v) is 9.20. The fourth-order valence-corrected chi connectivity index (χ4v) is 3.29. The summed E-state index contributed by atoms with van der Waals surface area (Å²) in [5.74, 6) is -0.233. The normalized spacial score (nSPS) is 10.9. The maximum absolute atomic E-state index is 13.2. The van der Waals surface area contributed by atoms with Crippen molar-refractivity contribution in [2.24, 2.45) is 0 Å². The second-order valence-electron chi connectivity index (χ2n) is 4.72. The monoisotopic (exact) mass is 330 g/mol. The third-order valence-electron chi connectivity index (χ3n) is 3.44. The molecule has 0 fully saturated rings. The van der Waals surface area contributed by atoms with Gasteiger partial charge in [-0.25, -0.2) is 4.39 Å². The maximum Gasteiger partial charge on any atom is 0.126 e. The zero-order chi connectivity index (χ0) is 15.5. The zero-order valence-electron chi connectivity index (χ0n) is 12.3. The highest BCUT2D eigenvalue weighted by molar-refractivity contribution is 7.98. The zero-order valence-corrected chi connectivity index (χ0v) is 13.9. The number of nitrogens with zero attached hydrogens (tertiary/aromatic N) is 1. The van der Waals surface area contributed by atoms with Gasteiger partial charge in [-0.15, -0.1) is 23.5 Å². The van der Waals surface area contributed by atoms with Crippen molar-refractivity contribution in [1.29, 1.82) is 0 Å². The van der Waals surface area contributed by atoms with E-state index in [0.29, 0.717) is 0 Å². The van der Waals surface area contributed by atoms with E-state index in [1.165, 1.54) is 17.0 Å². The lowest BCUT2D eigenvalue weighted by Crippen LogP contribution is -1.85. The number of benzene rings is 2. The Hall–Kier alpha value is -1.72. The minimum atomic E-state index is -0.233. The number of halogens is 1. The van der Waals surface area contributed by atoms with Crippen molar-refractivity contribution < 1.29 is 4.39 Å². The number of nitrogens with one attached hydrogen (secondary N) is 1. The predicted octanol–water partition coefficient (Wildman–Crippen LogP) is 5.33. The molecule has 0 aliphatic rings. The molecule has 2 aromatic carbocycles. The molecule has 0 atom stereocenters. The number of aromatic amines is 1. The molecule has 3 rings (SSSR count). The Morgan fingerprint density at radius 2 is 1.50 bits per heavy atom. The molecule has 0 amide bonds. The van der Waals surface area contributed by atoms with Crippen molar-refractivity contribution in [2.75, 3.05) is 12.5 Å². The van der Waals surface area contributed by atoms with Gasteiger partial charge in [-0.05, 0) is 42.3 Å². The third kappa shape index (κ3) is 2.91. The van der Waals surface area contributed by atoms with Gasteiger partial charge < -0.3 is 0 Å². The van der Waals surface area contributed by atoms with Gasteiger partial charge >= 0.3 is 0 Å². The van der Waals surface area contributed by atoms with Crippen molar-refractivity contribution in [3.63, 3.8) is 0 Å². The van der Waals surface area contributed by atoms with Gasteiger partial charge in [0.2, 0.25) is 0 Å². The lowest BCUT2D eigenvalue weighted by molar-refractivity contribution is 0.628. The number of thioether (sulfide) groups is 2. The minimum Gasteiger partial charge on any atom is -0.276 e. The van der Waals surface area contributed by atoms with Crippen LogP contribution in [0.5, 0.6) is 0 Å². The number of hydrogen-bond donors (Lipinski definition) is 1. The van der Waals surface area contributed by atoms with Crippen LogP contribution < -0.4 is 0 Å². The first kappa shape index (κ1) is 15.2. The summed E-state index contributed by atoms with van der Waals surface area (Å²) in [5, 5.41) is 8.42. The van der Waals surface area contributed by atoms with E-state index in [0.717, 1.165) is 27.4 Å². The number of H-pyrrole nitrogens is 1. The van der Waals surface area contributed by atoms with Gasteiger partial charge in [0, 0.05) is 16.0 Å². The first-order valence-electron chi connectivity index (χ1n) is 6.75. The average Bonchev–Trinajstić information content (AvgIpc) is 2.99. The van der Waals surface area contributed by atoms with Gasteiger partial charge in [0.25, 0.3) is 0 Å². The van der Waals surface area contributed by atoms with Gasteiger partial charge in [0.05, 0.1) is 5.69 Å². The number of aromatic nitrogens is 2. The Morgan fingerprint density at radius 1 is 0.864 bits per heavy atom. The van der Waals surface area contributed by atoms with Crippen LogP contribution in [0.2, 0.25) is 0 Å². The minimum absolute atomic E-state index is 0.233. The highest BCUT2D eigenvalue weighted by atomic mass is 32.2. The Balaban J connectivity index is 2.11. The van der Waals surface area contributed by atoms with Crippen molar-refractivity contribution in [3.05, 3.63) is 54.3 Å². The first-order chi connectivity index (χ1) is 10.7. The Kier molecular flexibility index (Phi) is 4.55. The molecular weight excluding hydrogens is 315 g/mol. The Morgan fingerprint density at radius 3 is 2.09 bits per heavy atom. The Bertz CT molecular complexity index is 764. The lowest BCUT2D eigenvalue weighted by Gasteiger charge is -2.06. The molecule has 0 bridgehead atoms. The van der Waals surface area contributed by atoms with Crippen LogP contribution in [0.25, 0.3) is 22.4 Å². The average molecular weight is 330 g/mol. The van der Waals surface area contributed by atoms with Crippen molar-refractivity contribution in [2.45, 2.75) is 9.92 Å². The van der Waals surface area contributed by atoms with E-state index in [4.69, 9.17) is 0 Å². The summed E-state index contributed by atoms with van der Waals surface area (Å²) < 4.78 is 13.2. The van der Waals surface area contributed by atoms with E-state index in [2.05, 4.69) is 40.7 Å². The van der Waals surface area contributed by atoms with Gasteiger partial charge in [-0.2, -0.15) is 5.10 Å². The van der Waals surface area contributed by atoms with Crippen LogP contribution in [-0.4, -0.2) is 22.7 Å². The van der Waals surface area contributed by atoms with Gasteiger partial charge in [0.1, 0.15) is 10.8 Å². The fourth-order valence-electron chi connectivity index (χ4n) is 2.32. The molecule has 22 heavy (non-hydrogen) atoms. The molecule has 1 aromatic heterocycles. The smallest absolute Gasteiger partial charge is 0.126 e. The topological polar surface area (TPSA) is 28.7 Å². The molecule has 0 radical (unpaired) electrons. The summed E-state index contributed by atoms with van der Waals surface area (Å²) in [4.78, 5) is 1.22. The standard InChI is InChI=1S/C17H15FN2S2/c1-21-14-9-5-12(6-10-14)16-15(17(22-2)20-19-16)11-3-7-13(18)8-4-11/h3-10H,1-2H3,(H,19,20). The molecule has 3 aromatic rings. The van der Waals surface area contributed by atoms with Gasteiger partial charge in [-0.3, -0.25) is 5.10 Å². The summed E-state index contributed by atoms with van der Waals surface area (Å²) >= 11 is 3.29. The molecule has 0 unspecified atom stereocenters. The molecule has 1 heterocycles. The quantitative estimate of drug-likeness (QED) is 0.656. The molecule has 0 saturated carbocycles. The van der Waals surface area contributed by atoms with Crippen LogP contribution >= 0.6 is 23.5 Å². The van der Waals surface area contributed by atoms with Crippen LogP contribution in [0.3, 0.4) is 0 Å². The molecule has 112 valence electrons. The molecule has 0 aliphatic carbocycles. The molecule has 1 N–H and O–H groups in total. The SMILES string of the molecule is CSc1ccc(-c2[nH]nc(SC)c2-c2ccc(F)cc2)cc1. The molecule has 2 nitrogen and oxygen atoms in total. The van der Waals surface area contributed by atoms with E-state index in [1.807, 2.05) is 6.26 Å². The van der Waals surface area contributed by atoms with E-state index >= 15 is 0 Å². The molecule has 0 aliphatic heterocycles. The van der Waals surface area contributed by atoms with Crippen LogP contribution in [0.4, 0.5) is 4.39 Å². The van der Waals surface area contributed by atoms with Gasteiger partial charge in [0.15, 0.2) is 0 Å². The van der Waals surface area contributed by atoms with E-state index < -0.39 is 0 Å². The fraction of sp³-hybridized carbons (Fsp3) is 0.118. The van der Waals surface area contributed by atoms with Crippen LogP contribution in [0, 0.1) is 5.82 Å². The summed E-state index contributed by atoms with van der Waals surface area (Å²) in [5.41, 5.74) is 4.02. The predicted molar refractivity (Wildman–Crippen MR) is 93.0 cm³/mol. The summed E-state index contributed by atoms with van der Waals surface area (Å²) in [6, 6.07) is 14.9. The summed E-state index contributed by atoms with van der Waals surface area (Å²) in [6.07, 6.45) is 4.05. The lowest BCUT2D eigenvalue weighted by atomic mass is 10.0. The van der Waals surface area contributed by atoms with Crippen LogP contribution in [0.15, 0.2) is 58.5 Å².